The highest BCUT2D eigenvalue weighted by molar-refractivity contribution is 5.81. The smallest absolute Gasteiger partial charge is 0.222 e. The highest BCUT2D eigenvalue weighted by Crippen LogP contribution is 2.35. The predicted molar refractivity (Wildman–Crippen MR) is 123 cm³/mol. The van der Waals surface area contributed by atoms with Gasteiger partial charge in [-0.05, 0) is 31.5 Å². The fourth-order valence-electron chi connectivity index (χ4n) is 3.49. The lowest BCUT2D eigenvalue weighted by Crippen LogP contribution is -2.39. The number of rotatable bonds is 9. The van der Waals surface area contributed by atoms with Crippen molar-refractivity contribution in [1.82, 2.24) is 16.0 Å². The number of nitrogens with one attached hydrogen (secondary N) is 3. The summed E-state index contributed by atoms with van der Waals surface area (Å²) in [6.07, 6.45) is 1.45. The molecule has 0 radical (unpaired) electrons. The summed E-state index contributed by atoms with van der Waals surface area (Å²) in [5.74, 6) is 2.41. The average Bonchev–Trinajstić information content (AvgIpc) is 3.14. The number of guanidine groups is 1. The first-order chi connectivity index (χ1) is 15.1. The molecule has 166 valence electrons. The Bertz CT molecular complexity index is 899. The zero-order chi connectivity index (χ0) is 22.1. The first-order valence-corrected chi connectivity index (χ1v) is 10.8. The van der Waals surface area contributed by atoms with Crippen LogP contribution in [0.5, 0.6) is 11.5 Å². The predicted octanol–water partition coefficient (Wildman–Crippen LogP) is 2.78. The lowest BCUT2D eigenvalue weighted by atomic mass is 10.1. The van der Waals surface area contributed by atoms with Crippen LogP contribution in [0.15, 0.2) is 47.5 Å². The van der Waals surface area contributed by atoms with Crippen molar-refractivity contribution in [1.29, 1.82) is 0 Å². The minimum Gasteiger partial charge on any atom is -0.494 e. The molecular formula is C24H32N4O3. The highest BCUT2D eigenvalue weighted by atomic mass is 16.5. The van der Waals surface area contributed by atoms with Gasteiger partial charge in [0, 0.05) is 50.7 Å². The van der Waals surface area contributed by atoms with E-state index in [2.05, 4.69) is 33.9 Å². The topological polar surface area (TPSA) is 84.0 Å². The first kappa shape index (κ1) is 22.5. The van der Waals surface area contributed by atoms with E-state index < -0.39 is 0 Å². The van der Waals surface area contributed by atoms with Crippen LogP contribution in [0.4, 0.5) is 0 Å². The van der Waals surface area contributed by atoms with Crippen LogP contribution >= 0.6 is 0 Å². The van der Waals surface area contributed by atoms with Crippen molar-refractivity contribution < 1.29 is 14.3 Å². The lowest BCUT2D eigenvalue weighted by molar-refractivity contribution is -0.121. The van der Waals surface area contributed by atoms with Gasteiger partial charge < -0.3 is 25.4 Å². The molecule has 1 amide bonds. The van der Waals surface area contributed by atoms with Gasteiger partial charge in [-0.1, -0.05) is 30.3 Å². The van der Waals surface area contributed by atoms with E-state index in [0.29, 0.717) is 38.6 Å². The lowest BCUT2D eigenvalue weighted by Gasteiger charge is -2.15. The molecule has 0 aromatic heterocycles. The van der Waals surface area contributed by atoms with Crippen molar-refractivity contribution in [3.05, 3.63) is 59.2 Å². The van der Waals surface area contributed by atoms with Crippen LogP contribution in [-0.4, -0.2) is 38.2 Å². The van der Waals surface area contributed by atoms with E-state index in [1.54, 1.807) is 7.05 Å². The van der Waals surface area contributed by atoms with Crippen LogP contribution in [0.2, 0.25) is 0 Å². The molecule has 2 aromatic rings. The largest absolute Gasteiger partial charge is 0.494 e. The van der Waals surface area contributed by atoms with Gasteiger partial charge in [0.25, 0.3) is 0 Å². The minimum absolute atomic E-state index is 0.00433. The van der Waals surface area contributed by atoms with Crippen LogP contribution in [0, 0.1) is 0 Å². The maximum absolute atomic E-state index is 12.1. The van der Waals surface area contributed by atoms with Gasteiger partial charge in [0.2, 0.25) is 5.91 Å². The van der Waals surface area contributed by atoms with Gasteiger partial charge in [-0.3, -0.25) is 9.79 Å². The molecule has 2 aromatic carbocycles. The fourth-order valence-corrected chi connectivity index (χ4v) is 3.49. The second kappa shape index (κ2) is 11.2. The number of amides is 1. The SMILES string of the molecule is CCOc1cc2c(cc1CNC(=NC)NCCC(=O)NCc1ccccc1)OC(C)C2. The van der Waals surface area contributed by atoms with Crippen molar-refractivity contribution in [2.45, 2.75) is 45.9 Å². The monoisotopic (exact) mass is 424 g/mol. The molecule has 0 spiro atoms. The van der Waals surface area contributed by atoms with Crippen LogP contribution in [0.1, 0.15) is 37.0 Å². The van der Waals surface area contributed by atoms with Crippen LogP contribution < -0.4 is 25.4 Å². The highest BCUT2D eigenvalue weighted by Gasteiger charge is 2.21. The van der Waals surface area contributed by atoms with Crippen molar-refractivity contribution in [2.24, 2.45) is 4.99 Å². The summed E-state index contributed by atoms with van der Waals surface area (Å²) in [6, 6.07) is 14.0. The minimum atomic E-state index is -0.00433. The van der Waals surface area contributed by atoms with Gasteiger partial charge in [-0.2, -0.15) is 0 Å². The van der Waals surface area contributed by atoms with Crippen molar-refractivity contribution in [3.8, 4) is 11.5 Å². The number of aliphatic imine (C=N–C) groups is 1. The van der Waals surface area contributed by atoms with Gasteiger partial charge in [-0.25, -0.2) is 0 Å². The molecule has 0 aliphatic carbocycles. The van der Waals surface area contributed by atoms with Crippen LogP contribution in [-0.2, 0) is 24.3 Å². The van der Waals surface area contributed by atoms with E-state index >= 15 is 0 Å². The maximum Gasteiger partial charge on any atom is 0.222 e. The number of ether oxygens (including phenoxy) is 2. The second-order valence-corrected chi connectivity index (χ2v) is 7.50. The zero-order valence-electron chi connectivity index (χ0n) is 18.5. The van der Waals surface area contributed by atoms with Gasteiger partial charge in [0.1, 0.15) is 17.6 Å². The molecule has 3 N–H and O–H groups in total. The summed E-state index contributed by atoms with van der Waals surface area (Å²) in [5.41, 5.74) is 3.28. The summed E-state index contributed by atoms with van der Waals surface area (Å²) in [4.78, 5) is 16.3. The Kier molecular flexibility index (Phi) is 8.15. The van der Waals surface area contributed by atoms with E-state index in [4.69, 9.17) is 9.47 Å². The van der Waals surface area contributed by atoms with E-state index in [9.17, 15) is 4.79 Å². The molecule has 31 heavy (non-hydrogen) atoms. The maximum atomic E-state index is 12.1. The Balaban J connectivity index is 1.46. The molecule has 3 rings (SSSR count). The van der Waals surface area contributed by atoms with E-state index in [1.165, 1.54) is 5.56 Å². The Labute approximate surface area is 184 Å². The van der Waals surface area contributed by atoms with Crippen molar-refractivity contribution in [2.75, 3.05) is 20.2 Å². The quantitative estimate of drug-likeness (QED) is 0.426. The Hall–Kier alpha value is -3.22. The molecule has 1 aliphatic rings. The first-order valence-electron chi connectivity index (χ1n) is 10.8. The molecule has 1 unspecified atom stereocenters. The number of nitrogens with zero attached hydrogens (tertiary/aromatic N) is 1. The van der Waals surface area contributed by atoms with E-state index in [1.807, 2.05) is 43.3 Å². The number of hydrogen-bond acceptors (Lipinski definition) is 4. The van der Waals surface area contributed by atoms with Gasteiger partial charge in [-0.15, -0.1) is 0 Å². The van der Waals surface area contributed by atoms with Crippen LogP contribution in [0.25, 0.3) is 0 Å². The normalized spacial score (nSPS) is 15.1. The third kappa shape index (κ3) is 6.64. The average molecular weight is 425 g/mol. The molecule has 0 saturated heterocycles. The molecule has 0 bridgehead atoms. The molecule has 1 aliphatic heterocycles. The Morgan fingerprint density at radius 2 is 1.97 bits per heavy atom. The summed E-state index contributed by atoms with van der Waals surface area (Å²) in [5, 5.41) is 9.40. The van der Waals surface area contributed by atoms with Crippen LogP contribution in [0.3, 0.4) is 0 Å². The molecule has 0 saturated carbocycles. The van der Waals surface area contributed by atoms with Gasteiger partial charge in [0.15, 0.2) is 5.96 Å². The third-order valence-electron chi connectivity index (χ3n) is 5.03. The van der Waals surface area contributed by atoms with Crippen molar-refractivity contribution >= 4 is 11.9 Å². The number of hydrogen-bond donors (Lipinski definition) is 3. The van der Waals surface area contributed by atoms with Gasteiger partial charge >= 0.3 is 0 Å². The fraction of sp³-hybridized carbons (Fsp3) is 0.417. The van der Waals surface area contributed by atoms with Gasteiger partial charge in [0.05, 0.1) is 6.61 Å². The summed E-state index contributed by atoms with van der Waals surface area (Å²) >= 11 is 0. The molecular weight excluding hydrogens is 392 g/mol. The third-order valence-corrected chi connectivity index (χ3v) is 5.03. The summed E-state index contributed by atoms with van der Waals surface area (Å²) in [6.45, 7) is 6.22. The number of carbonyl (C=O) groups excluding carboxylic acids is 1. The molecule has 7 heteroatoms. The number of fused-ring (bicyclic) bond motifs is 1. The second-order valence-electron chi connectivity index (χ2n) is 7.50. The Morgan fingerprint density at radius 3 is 2.71 bits per heavy atom. The zero-order valence-corrected chi connectivity index (χ0v) is 18.5. The van der Waals surface area contributed by atoms with Crippen molar-refractivity contribution in [3.63, 3.8) is 0 Å². The summed E-state index contributed by atoms with van der Waals surface area (Å²) in [7, 11) is 1.71. The van der Waals surface area contributed by atoms with E-state index in [-0.39, 0.29) is 12.0 Å². The number of benzene rings is 2. The Morgan fingerprint density at radius 1 is 1.16 bits per heavy atom. The number of carbonyl (C=O) groups is 1. The molecule has 1 heterocycles. The molecule has 1 atom stereocenters. The summed E-state index contributed by atoms with van der Waals surface area (Å²) < 4.78 is 11.7. The molecule has 0 fully saturated rings. The standard InChI is InChI=1S/C24H32N4O3/c1-4-30-21-13-19-12-17(2)31-22(19)14-20(21)16-28-24(25-3)26-11-10-23(29)27-15-18-8-6-5-7-9-18/h5-9,13-14,17H,4,10-12,15-16H2,1-3H3,(H,27,29)(H2,25,26,28). The molecule has 7 nitrogen and oxygen atoms in total. The van der Waals surface area contributed by atoms with E-state index in [0.717, 1.165) is 29.0 Å².